The Kier molecular flexibility index (Phi) is 2.77. The highest BCUT2D eigenvalue weighted by Gasteiger charge is 2.68. The summed E-state index contributed by atoms with van der Waals surface area (Å²) in [5, 5.41) is 2.81. The van der Waals surface area contributed by atoms with Crippen molar-refractivity contribution >= 4 is 27.7 Å². The van der Waals surface area contributed by atoms with Gasteiger partial charge in [0.05, 0.1) is 12.4 Å². The van der Waals surface area contributed by atoms with E-state index in [1.54, 1.807) is 12.4 Å². The summed E-state index contributed by atoms with van der Waals surface area (Å²) < 4.78 is 0.655. The molecule has 1 heterocycles. The molecule has 17 heavy (non-hydrogen) atoms. The Morgan fingerprint density at radius 1 is 1.24 bits per heavy atom. The van der Waals surface area contributed by atoms with Crippen molar-refractivity contribution < 1.29 is 4.79 Å². The van der Waals surface area contributed by atoms with E-state index in [1.165, 1.54) is 0 Å². The number of rotatable bonds is 2. The van der Waals surface area contributed by atoms with Crippen molar-refractivity contribution in [2.45, 2.75) is 27.7 Å². The summed E-state index contributed by atoms with van der Waals surface area (Å²) in [6, 6.07) is 0. The molecule has 5 heteroatoms. The van der Waals surface area contributed by atoms with Crippen molar-refractivity contribution in [2.24, 2.45) is 16.7 Å². The van der Waals surface area contributed by atoms with Crippen LogP contribution >= 0.6 is 15.9 Å². The summed E-state index contributed by atoms with van der Waals surface area (Å²) >= 11 is 3.20. The van der Waals surface area contributed by atoms with Crippen LogP contribution < -0.4 is 5.32 Å². The van der Waals surface area contributed by atoms with Crippen LogP contribution in [0.5, 0.6) is 0 Å². The van der Waals surface area contributed by atoms with Crippen LogP contribution in [0, 0.1) is 16.7 Å². The SMILES string of the molecule is CC1(C)C(C(=O)Nc2cnc(Br)cn2)C1(C)C. The molecule has 0 aliphatic heterocycles. The standard InChI is InChI=1S/C12H16BrN3O/c1-11(2)9(12(11,3)4)10(17)16-8-6-14-7(13)5-15-8/h5-6,9H,1-4H3,(H,15,16,17). The number of anilines is 1. The summed E-state index contributed by atoms with van der Waals surface area (Å²) in [6.07, 6.45) is 3.11. The van der Waals surface area contributed by atoms with E-state index < -0.39 is 0 Å². The maximum absolute atomic E-state index is 12.1. The van der Waals surface area contributed by atoms with Gasteiger partial charge >= 0.3 is 0 Å². The lowest BCUT2D eigenvalue weighted by Gasteiger charge is -2.04. The number of carbonyl (C=O) groups is 1. The molecule has 0 aromatic carbocycles. The second-order valence-corrected chi connectivity index (χ2v) is 6.40. The molecule has 1 aromatic heterocycles. The van der Waals surface area contributed by atoms with Crippen LogP contribution in [0.3, 0.4) is 0 Å². The first-order valence-electron chi connectivity index (χ1n) is 5.55. The van der Waals surface area contributed by atoms with Crippen LogP contribution in [0.4, 0.5) is 5.82 Å². The number of hydrogen-bond donors (Lipinski definition) is 1. The molecule has 1 amide bonds. The Bertz CT molecular complexity index is 439. The van der Waals surface area contributed by atoms with Gasteiger partial charge in [-0.3, -0.25) is 4.79 Å². The first-order chi connectivity index (χ1) is 7.76. The summed E-state index contributed by atoms with van der Waals surface area (Å²) in [5.41, 5.74) is 0.0831. The second-order valence-electron chi connectivity index (χ2n) is 5.59. The van der Waals surface area contributed by atoms with E-state index in [1.807, 2.05) is 0 Å². The summed E-state index contributed by atoms with van der Waals surface area (Å²) in [6.45, 7) is 8.46. The lowest BCUT2D eigenvalue weighted by molar-refractivity contribution is -0.118. The Hall–Kier alpha value is -0.970. The molecule has 1 N–H and O–H groups in total. The van der Waals surface area contributed by atoms with Crippen molar-refractivity contribution in [2.75, 3.05) is 5.32 Å². The van der Waals surface area contributed by atoms with Gasteiger partial charge in [-0.05, 0) is 26.8 Å². The van der Waals surface area contributed by atoms with Gasteiger partial charge in [0.2, 0.25) is 5.91 Å². The van der Waals surface area contributed by atoms with Crippen molar-refractivity contribution in [3.63, 3.8) is 0 Å². The molecule has 4 nitrogen and oxygen atoms in total. The molecule has 1 aliphatic rings. The quantitative estimate of drug-likeness (QED) is 0.913. The molecule has 1 fully saturated rings. The predicted molar refractivity (Wildman–Crippen MR) is 69.4 cm³/mol. The number of halogens is 1. The minimum Gasteiger partial charge on any atom is -0.309 e. The van der Waals surface area contributed by atoms with E-state index in [0.29, 0.717) is 10.4 Å². The Morgan fingerprint density at radius 2 is 1.82 bits per heavy atom. The Labute approximate surface area is 109 Å². The average Bonchev–Trinajstić information content (AvgIpc) is 2.61. The van der Waals surface area contributed by atoms with Gasteiger partial charge in [0.15, 0.2) is 5.82 Å². The van der Waals surface area contributed by atoms with Crippen LogP contribution in [0.2, 0.25) is 0 Å². The highest BCUT2D eigenvalue weighted by atomic mass is 79.9. The van der Waals surface area contributed by atoms with Crippen molar-refractivity contribution in [1.29, 1.82) is 0 Å². The smallest absolute Gasteiger partial charge is 0.229 e. The van der Waals surface area contributed by atoms with Crippen LogP contribution in [-0.4, -0.2) is 15.9 Å². The molecule has 92 valence electrons. The highest BCUT2D eigenvalue weighted by Crippen LogP contribution is 2.68. The molecular weight excluding hydrogens is 282 g/mol. The molecule has 2 rings (SSSR count). The van der Waals surface area contributed by atoms with Gasteiger partial charge in [0.25, 0.3) is 0 Å². The first kappa shape index (κ1) is 12.5. The molecule has 1 saturated carbocycles. The molecule has 0 atom stereocenters. The third kappa shape index (κ3) is 1.97. The molecule has 0 unspecified atom stereocenters. The normalized spacial score (nSPS) is 21.0. The summed E-state index contributed by atoms with van der Waals surface area (Å²) in [5.74, 6) is 0.550. The van der Waals surface area contributed by atoms with Crippen LogP contribution in [0.15, 0.2) is 17.0 Å². The largest absolute Gasteiger partial charge is 0.309 e. The minimum atomic E-state index is 0.0247. The Morgan fingerprint density at radius 3 is 2.24 bits per heavy atom. The van der Waals surface area contributed by atoms with Crippen molar-refractivity contribution in [3.8, 4) is 0 Å². The zero-order chi connectivity index (χ0) is 12.8. The van der Waals surface area contributed by atoms with E-state index in [0.717, 1.165) is 0 Å². The Balaban J connectivity index is 2.07. The predicted octanol–water partition coefficient (Wildman–Crippen LogP) is 2.86. The zero-order valence-electron chi connectivity index (χ0n) is 10.4. The molecule has 1 aliphatic carbocycles. The van der Waals surface area contributed by atoms with Crippen LogP contribution in [0.25, 0.3) is 0 Å². The van der Waals surface area contributed by atoms with Crippen molar-refractivity contribution in [3.05, 3.63) is 17.0 Å². The number of carbonyl (C=O) groups excluding carboxylic acids is 1. The molecule has 0 radical (unpaired) electrons. The van der Waals surface area contributed by atoms with Gasteiger partial charge in [-0.15, -0.1) is 0 Å². The average molecular weight is 298 g/mol. The lowest BCUT2D eigenvalue weighted by Crippen LogP contribution is -2.18. The van der Waals surface area contributed by atoms with Gasteiger partial charge in [0, 0.05) is 5.92 Å². The van der Waals surface area contributed by atoms with Gasteiger partial charge in [0.1, 0.15) is 4.60 Å². The maximum Gasteiger partial charge on any atom is 0.229 e. The molecule has 0 saturated heterocycles. The summed E-state index contributed by atoms with van der Waals surface area (Å²) in [4.78, 5) is 20.2. The first-order valence-corrected chi connectivity index (χ1v) is 6.34. The molecule has 1 aromatic rings. The van der Waals surface area contributed by atoms with Gasteiger partial charge in [-0.25, -0.2) is 9.97 Å². The van der Waals surface area contributed by atoms with Gasteiger partial charge < -0.3 is 5.32 Å². The lowest BCUT2D eigenvalue weighted by atomic mass is 10.0. The van der Waals surface area contributed by atoms with E-state index in [2.05, 4.69) is 58.9 Å². The second kappa shape index (κ2) is 3.77. The monoisotopic (exact) mass is 297 g/mol. The molecular formula is C12H16BrN3O. The number of aromatic nitrogens is 2. The van der Waals surface area contributed by atoms with Crippen molar-refractivity contribution in [1.82, 2.24) is 9.97 Å². The fraction of sp³-hybridized carbons (Fsp3) is 0.583. The minimum absolute atomic E-state index is 0.0247. The van der Waals surface area contributed by atoms with Gasteiger partial charge in [-0.1, -0.05) is 27.7 Å². The number of nitrogens with zero attached hydrogens (tertiary/aromatic N) is 2. The van der Waals surface area contributed by atoms with Crippen LogP contribution in [0.1, 0.15) is 27.7 Å². The topological polar surface area (TPSA) is 54.9 Å². The fourth-order valence-electron chi connectivity index (χ4n) is 2.43. The van der Waals surface area contributed by atoms with Crippen LogP contribution in [-0.2, 0) is 4.79 Å². The fourth-order valence-corrected chi connectivity index (χ4v) is 2.63. The number of amides is 1. The third-order valence-electron chi connectivity index (χ3n) is 4.15. The molecule has 0 bridgehead atoms. The number of hydrogen-bond acceptors (Lipinski definition) is 3. The summed E-state index contributed by atoms with van der Waals surface area (Å²) in [7, 11) is 0. The molecule has 0 spiro atoms. The number of nitrogens with one attached hydrogen (secondary N) is 1. The van der Waals surface area contributed by atoms with E-state index in [-0.39, 0.29) is 22.7 Å². The maximum atomic E-state index is 12.1. The zero-order valence-corrected chi connectivity index (χ0v) is 12.0. The van der Waals surface area contributed by atoms with Gasteiger partial charge in [-0.2, -0.15) is 0 Å². The van der Waals surface area contributed by atoms with E-state index in [9.17, 15) is 4.79 Å². The van der Waals surface area contributed by atoms with E-state index >= 15 is 0 Å². The third-order valence-corrected chi connectivity index (χ3v) is 4.56. The van der Waals surface area contributed by atoms with E-state index in [4.69, 9.17) is 0 Å². The highest BCUT2D eigenvalue weighted by molar-refractivity contribution is 9.10.